The van der Waals surface area contributed by atoms with Crippen LogP contribution in [0.25, 0.3) is 0 Å². The van der Waals surface area contributed by atoms with Crippen molar-refractivity contribution in [2.24, 2.45) is 5.92 Å². The van der Waals surface area contributed by atoms with E-state index in [9.17, 15) is 4.79 Å². The first-order chi connectivity index (χ1) is 12.3. The molecule has 1 aliphatic heterocycles. The fourth-order valence-electron chi connectivity index (χ4n) is 3.53. The van der Waals surface area contributed by atoms with Crippen molar-refractivity contribution < 1.29 is 14.3 Å². The zero-order valence-corrected chi connectivity index (χ0v) is 14.9. The molecule has 1 heterocycles. The SMILES string of the molecule is COc1ccccc1NC(=O)N(C[C@@H]1C=CCCC1)C[C@@H]1CCCO1. The first kappa shape index (κ1) is 17.8. The van der Waals surface area contributed by atoms with E-state index < -0.39 is 0 Å². The molecule has 1 fully saturated rings. The van der Waals surface area contributed by atoms with Crippen LogP contribution >= 0.6 is 0 Å². The number of para-hydroxylation sites is 2. The van der Waals surface area contributed by atoms with Gasteiger partial charge in [0.15, 0.2) is 0 Å². The molecular formula is C20H28N2O3. The number of allylic oxidation sites excluding steroid dienone is 1. The number of rotatable bonds is 6. The second-order valence-corrected chi connectivity index (χ2v) is 6.79. The van der Waals surface area contributed by atoms with E-state index in [1.807, 2.05) is 29.2 Å². The number of ether oxygens (including phenoxy) is 2. The van der Waals surface area contributed by atoms with Crippen LogP contribution in [0.2, 0.25) is 0 Å². The van der Waals surface area contributed by atoms with Crippen LogP contribution in [0.15, 0.2) is 36.4 Å². The van der Waals surface area contributed by atoms with Crippen molar-refractivity contribution in [3.63, 3.8) is 0 Å². The molecule has 5 heteroatoms. The van der Waals surface area contributed by atoms with E-state index in [0.717, 1.165) is 38.8 Å². The number of anilines is 1. The minimum absolute atomic E-state index is 0.0843. The summed E-state index contributed by atoms with van der Waals surface area (Å²) in [5, 5.41) is 3.01. The number of carbonyl (C=O) groups is 1. The van der Waals surface area contributed by atoms with Gasteiger partial charge in [-0.25, -0.2) is 4.79 Å². The Kier molecular flexibility index (Phi) is 6.34. The lowest BCUT2D eigenvalue weighted by Gasteiger charge is -2.29. The molecule has 1 aliphatic carbocycles. The molecule has 0 bridgehead atoms. The first-order valence-electron chi connectivity index (χ1n) is 9.23. The highest BCUT2D eigenvalue weighted by Crippen LogP contribution is 2.25. The zero-order valence-electron chi connectivity index (χ0n) is 14.9. The van der Waals surface area contributed by atoms with Gasteiger partial charge in [-0.15, -0.1) is 0 Å². The van der Waals surface area contributed by atoms with Gasteiger partial charge < -0.3 is 19.7 Å². The van der Waals surface area contributed by atoms with Crippen molar-refractivity contribution in [3.05, 3.63) is 36.4 Å². The third kappa shape index (κ3) is 4.98. The Morgan fingerprint density at radius 2 is 2.16 bits per heavy atom. The maximum atomic E-state index is 12.9. The van der Waals surface area contributed by atoms with Gasteiger partial charge in [-0.1, -0.05) is 24.3 Å². The summed E-state index contributed by atoms with van der Waals surface area (Å²) >= 11 is 0. The lowest BCUT2D eigenvalue weighted by molar-refractivity contribution is 0.0807. The summed E-state index contributed by atoms with van der Waals surface area (Å²) in [5.74, 6) is 1.10. The third-order valence-corrected chi connectivity index (χ3v) is 4.89. The summed E-state index contributed by atoms with van der Waals surface area (Å²) in [6.07, 6.45) is 10.2. The van der Waals surface area contributed by atoms with Gasteiger partial charge in [0.1, 0.15) is 5.75 Å². The van der Waals surface area contributed by atoms with Gasteiger partial charge in [0.25, 0.3) is 0 Å². The molecule has 0 spiro atoms. The fourth-order valence-corrected chi connectivity index (χ4v) is 3.53. The molecule has 0 aromatic heterocycles. The summed E-state index contributed by atoms with van der Waals surface area (Å²) in [5.41, 5.74) is 0.700. The monoisotopic (exact) mass is 344 g/mol. The second-order valence-electron chi connectivity index (χ2n) is 6.79. The van der Waals surface area contributed by atoms with E-state index in [4.69, 9.17) is 9.47 Å². The number of urea groups is 1. The van der Waals surface area contributed by atoms with E-state index in [2.05, 4.69) is 17.5 Å². The van der Waals surface area contributed by atoms with Gasteiger partial charge in [-0.3, -0.25) is 0 Å². The summed E-state index contributed by atoms with van der Waals surface area (Å²) in [4.78, 5) is 14.8. The van der Waals surface area contributed by atoms with Crippen LogP contribution in [0.3, 0.4) is 0 Å². The molecular weight excluding hydrogens is 316 g/mol. The maximum absolute atomic E-state index is 12.9. The minimum atomic E-state index is -0.0843. The molecule has 2 amide bonds. The molecule has 2 atom stereocenters. The van der Waals surface area contributed by atoms with E-state index in [1.54, 1.807) is 7.11 Å². The van der Waals surface area contributed by atoms with E-state index in [0.29, 0.717) is 23.9 Å². The van der Waals surface area contributed by atoms with Crippen LogP contribution in [0.1, 0.15) is 32.1 Å². The van der Waals surface area contributed by atoms with Gasteiger partial charge in [0.05, 0.1) is 18.9 Å². The molecule has 1 aromatic carbocycles. The molecule has 0 radical (unpaired) electrons. The standard InChI is InChI=1S/C20H28N2O3/c1-24-19-12-6-5-11-18(19)21-20(23)22(15-17-10-7-13-25-17)14-16-8-3-2-4-9-16/h3,5-6,8,11-12,16-17H,2,4,7,9-10,13-15H2,1H3,(H,21,23)/t16-,17+/m1/s1. The minimum Gasteiger partial charge on any atom is -0.495 e. The Morgan fingerprint density at radius 3 is 2.88 bits per heavy atom. The topological polar surface area (TPSA) is 50.8 Å². The van der Waals surface area contributed by atoms with Crippen molar-refractivity contribution in [1.82, 2.24) is 4.90 Å². The van der Waals surface area contributed by atoms with Gasteiger partial charge in [0, 0.05) is 19.7 Å². The Hall–Kier alpha value is -2.01. The molecule has 1 saturated heterocycles. The highest BCUT2D eigenvalue weighted by molar-refractivity contribution is 5.91. The van der Waals surface area contributed by atoms with Crippen molar-refractivity contribution in [2.75, 3.05) is 32.1 Å². The number of methoxy groups -OCH3 is 1. The summed E-state index contributed by atoms with van der Waals surface area (Å²) < 4.78 is 11.1. The van der Waals surface area contributed by atoms with E-state index in [1.165, 1.54) is 6.42 Å². The molecule has 0 saturated carbocycles. The van der Waals surface area contributed by atoms with Crippen LogP contribution in [0.4, 0.5) is 10.5 Å². The highest BCUT2D eigenvalue weighted by atomic mass is 16.5. The van der Waals surface area contributed by atoms with Gasteiger partial charge in [0.2, 0.25) is 0 Å². The number of carbonyl (C=O) groups excluding carboxylic acids is 1. The second kappa shape index (κ2) is 8.90. The first-order valence-corrected chi connectivity index (χ1v) is 9.23. The van der Waals surface area contributed by atoms with Crippen molar-refractivity contribution in [1.29, 1.82) is 0 Å². The zero-order chi connectivity index (χ0) is 17.5. The van der Waals surface area contributed by atoms with E-state index >= 15 is 0 Å². The van der Waals surface area contributed by atoms with Crippen LogP contribution < -0.4 is 10.1 Å². The predicted molar refractivity (Wildman–Crippen MR) is 99.0 cm³/mol. The van der Waals surface area contributed by atoms with Crippen molar-refractivity contribution >= 4 is 11.7 Å². The number of hydrogen-bond donors (Lipinski definition) is 1. The van der Waals surface area contributed by atoms with Crippen LogP contribution in [0, 0.1) is 5.92 Å². The number of nitrogens with zero attached hydrogens (tertiary/aromatic N) is 1. The Balaban J connectivity index is 1.68. The summed E-state index contributed by atoms with van der Waals surface area (Å²) in [7, 11) is 1.61. The normalized spacial score (nSPS) is 22.6. The average Bonchev–Trinajstić information content (AvgIpc) is 3.15. The number of benzene rings is 1. The predicted octanol–water partition coefficient (Wildman–Crippen LogP) is 4.06. The molecule has 5 nitrogen and oxygen atoms in total. The molecule has 0 unspecified atom stereocenters. The van der Waals surface area contributed by atoms with Crippen LogP contribution in [0.5, 0.6) is 5.75 Å². The fraction of sp³-hybridized carbons (Fsp3) is 0.550. The van der Waals surface area contributed by atoms with Crippen LogP contribution in [-0.4, -0.2) is 43.8 Å². The van der Waals surface area contributed by atoms with Gasteiger partial charge >= 0.3 is 6.03 Å². The average molecular weight is 344 g/mol. The van der Waals surface area contributed by atoms with Gasteiger partial charge in [-0.05, 0) is 50.2 Å². The smallest absolute Gasteiger partial charge is 0.322 e. The number of hydrogen-bond acceptors (Lipinski definition) is 3. The molecule has 3 rings (SSSR count). The van der Waals surface area contributed by atoms with Crippen molar-refractivity contribution in [3.8, 4) is 5.75 Å². The van der Waals surface area contributed by atoms with Crippen molar-refractivity contribution in [2.45, 2.75) is 38.2 Å². The Morgan fingerprint density at radius 1 is 1.28 bits per heavy atom. The number of nitrogens with one attached hydrogen (secondary N) is 1. The molecule has 2 aliphatic rings. The quantitative estimate of drug-likeness (QED) is 0.792. The maximum Gasteiger partial charge on any atom is 0.322 e. The lowest BCUT2D eigenvalue weighted by Crippen LogP contribution is -2.42. The molecule has 1 aromatic rings. The molecule has 136 valence electrons. The Labute approximate surface area is 150 Å². The van der Waals surface area contributed by atoms with Gasteiger partial charge in [-0.2, -0.15) is 0 Å². The summed E-state index contributed by atoms with van der Waals surface area (Å²) in [6, 6.07) is 7.42. The number of amides is 2. The lowest BCUT2D eigenvalue weighted by atomic mass is 9.95. The molecule has 25 heavy (non-hydrogen) atoms. The Bertz CT molecular complexity index is 596. The molecule has 1 N–H and O–H groups in total. The largest absolute Gasteiger partial charge is 0.495 e. The summed E-state index contributed by atoms with van der Waals surface area (Å²) in [6.45, 7) is 2.18. The highest BCUT2D eigenvalue weighted by Gasteiger charge is 2.25. The van der Waals surface area contributed by atoms with E-state index in [-0.39, 0.29) is 12.1 Å². The third-order valence-electron chi connectivity index (χ3n) is 4.89. The van der Waals surface area contributed by atoms with Crippen LogP contribution in [-0.2, 0) is 4.74 Å².